The average Bonchev–Trinajstić information content (AvgIpc) is 3.66. The number of hydrogen-bond acceptors (Lipinski definition) is 10. The predicted molar refractivity (Wildman–Crippen MR) is 141 cm³/mol. The lowest BCUT2D eigenvalue weighted by molar-refractivity contribution is 0.391. The van der Waals surface area contributed by atoms with Gasteiger partial charge >= 0.3 is 0 Å². The van der Waals surface area contributed by atoms with Crippen LogP contribution in [0.1, 0.15) is 43.3 Å². The normalized spacial score (nSPS) is 14.3. The van der Waals surface area contributed by atoms with E-state index < -0.39 is 21.2 Å². The van der Waals surface area contributed by atoms with Crippen molar-refractivity contribution in [2.45, 2.75) is 44.4 Å². The Kier molecular flexibility index (Phi) is 6.92. The minimum Gasteiger partial charge on any atom is -0.494 e. The van der Waals surface area contributed by atoms with Gasteiger partial charge in [0.25, 0.3) is 0 Å². The Bertz CT molecular complexity index is 1610. The molecule has 3 aromatic heterocycles. The van der Waals surface area contributed by atoms with Gasteiger partial charge in [-0.05, 0) is 38.0 Å². The number of para-hydroxylation sites is 1. The number of methoxy groups -OCH3 is 2. The van der Waals surface area contributed by atoms with Crippen LogP contribution in [-0.2, 0) is 23.0 Å². The number of aryl methyl sites for hydroxylation is 2. The second kappa shape index (κ2) is 10.3. The van der Waals surface area contributed by atoms with E-state index in [-0.39, 0.29) is 11.5 Å². The van der Waals surface area contributed by atoms with Crippen LogP contribution in [0, 0.1) is 11.3 Å². The Morgan fingerprint density at radius 2 is 1.79 bits per heavy atom. The number of sulfonamides is 1. The highest BCUT2D eigenvalue weighted by atomic mass is 32.2. The van der Waals surface area contributed by atoms with Crippen molar-refractivity contribution in [1.29, 1.82) is 5.26 Å². The molecule has 1 aliphatic rings. The van der Waals surface area contributed by atoms with Crippen molar-refractivity contribution in [2.75, 3.05) is 18.9 Å². The standard InChI is InChI=1S/C25H27N9O4S/c1-15(23-27-13-17(12-26)14-28-23)16(2)39(35,36)32-25-30-29-24(19-11-18-7-6-10-33(18)31-19)34(25)22-20(37-3)8-5-9-21(22)38-4/h5,8-9,11,13-16H,6-7,10H2,1-4H3,(H,30,32)/t15-,16-/m0/s1. The Balaban J connectivity index is 1.58. The molecule has 39 heavy (non-hydrogen) atoms. The summed E-state index contributed by atoms with van der Waals surface area (Å²) in [5.41, 5.74) is 2.32. The van der Waals surface area contributed by atoms with Gasteiger partial charge in [0.15, 0.2) is 5.82 Å². The van der Waals surface area contributed by atoms with Gasteiger partial charge in [-0.15, -0.1) is 10.2 Å². The summed E-state index contributed by atoms with van der Waals surface area (Å²) in [6.07, 6.45) is 4.64. The van der Waals surface area contributed by atoms with Gasteiger partial charge in [-0.2, -0.15) is 10.4 Å². The molecule has 0 radical (unpaired) electrons. The third-order valence-corrected chi connectivity index (χ3v) is 8.67. The maximum atomic E-state index is 13.6. The molecule has 0 saturated carbocycles. The highest BCUT2D eigenvalue weighted by Crippen LogP contribution is 2.38. The van der Waals surface area contributed by atoms with Crippen LogP contribution >= 0.6 is 0 Å². The molecule has 1 aliphatic heterocycles. The lowest BCUT2D eigenvalue weighted by atomic mass is 10.1. The Morgan fingerprint density at radius 3 is 2.41 bits per heavy atom. The summed E-state index contributed by atoms with van der Waals surface area (Å²) in [6.45, 7) is 4.06. The summed E-state index contributed by atoms with van der Waals surface area (Å²) in [5.74, 6) is 0.829. The Morgan fingerprint density at radius 1 is 1.10 bits per heavy atom. The van der Waals surface area contributed by atoms with E-state index in [2.05, 4.69) is 30.0 Å². The number of nitrogens with one attached hydrogen (secondary N) is 1. The zero-order valence-corrected chi connectivity index (χ0v) is 22.7. The summed E-state index contributed by atoms with van der Waals surface area (Å²) in [5, 5.41) is 21.3. The molecule has 0 aliphatic carbocycles. The number of ether oxygens (including phenoxy) is 2. The van der Waals surface area contributed by atoms with Crippen LogP contribution in [0.3, 0.4) is 0 Å². The molecule has 0 unspecified atom stereocenters. The van der Waals surface area contributed by atoms with Crippen molar-refractivity contribution >= 4 is 16.0 Å². The zero-order valence-electron chi connectivity index (χ0n) is 21.9. The number of aromatic nitrogens is 7. The van der Waals surface area contributed by atoms with Gasteiger partial charge in [0.2, 0.25) is 16.0 Å². The second-order valence-electron chi connectivity index (χ2n) is 9.12. The molecule has 4 heterocycles. The fourth-order valence-corrected chi connectivity index (χ4v) is 5.71. The van der Waals surface area contributed by atoms with Gasteiger partial charge in [0.1, 0.15) is 34.8 Å². The molecule has 1 aromatic carbocycles. The first-order valence-electron chi connectivity index (χ1n) is 12.2. The van der Waals surface area contributed by atoms with Crippen molar-refractivity contribution in [3.63, 3.8) is 0 Å². The maximum absolute atomic E-state index is 13.6. The van der Waals surface area contributed by atoms with E-state index in [0.29, 0.717) is 34.5 Å². The summed E-state index contributed by atoms with van der Waals surface area (Å²) in [4.78, 5) is 8.33. The molecule has 0 spiro atoms. The van der Waals surface area contributed by atoms with Crippen LogP contribution in [-0.4, -0.2) is 62.4 Å². The quantitative estimate of drug-likeness (QED) is 0.328. The monoisotopic (exact) mass is 549 g/mol. The summed E-state index contributed by atoms with van der Waals surface area (Å²) in [7, 11) is -1.01. The smallest absolute Gasteiger partial charge is 0.243 e. The number of rotatable bonds is 9. The topological polar surface area (TPSA) is 163 Å². The highest BCUT2D eigenvalue weighted by molar-refractivity contribution is 7.93. The number of anilines is 1. The average molecular weight is 550 g/mol. The van der Waals surface area contributed by atoms with Crippen molar-refractivity contribution < 1.29 is 17.9 Å². The molecule has 4 aromatic rings. The van der Waals surface area contributed by atoms with Crippen molar-refractivity contribution in [2.24, 2.45) is 0 Å². The van der Waals surface area contributed by atoms with Gasteiger partial charge in [-0.1, -0.05) is 13.0 Å². The molecule has 0 saturated heterocycles. The maximum Gasteiger partial charge on any atom is 0.243 e. The molecule has 0 fully saturated rings. The first-order chi connectivity index (χ1) is 18.8. The molecule has 202 valence electrons. The van der Waals surface area contributed by atoms with E-state index in [0.717, 1.165) is 25.1 Å². The van der Waals surface area contributed by atoms with E-state index in [9.17, 15) is 8.42 Å². The summed E-state index contributed by atoms with van der Waals surface area (Å²) >= 11 is 0. The van der Waals surface area contributed by atoms with Crippen molar-refractivity contribution in [1.82, 2.24) is 34.5 Å². The summed E-state index contributed by atoms with van der Waals surface area (Å²) < 4.78 is 44.5. The van der Waals surface area contributed by atoms with E-state index in [4.69, 9.17) is 14.7 Å². The fourth-order valence-electron chi connectivity index (χ4n) is 4.48. The highest BCUT2D eigenvalue weighted by Gasteiger charge is 2.33. The number of nitriles is 1. The minimum atomic E-state index is -4.04. The molecular formula is C25H27N9O4S. The SMILES string of the molecule is COc1cccc(OC)c1-n1c(NS(=O)(=O)[C@@H](C)[C@H](C)c2ncc(C#N)cn2)nnc1-c1cc2n(n1)CCC2. The third kappa shape index (κ3) is 4.76. The summed E-state index contributed by atoms with van der Waals surface area (Å²) in [6, 6.07) is 9.12. The number of hydrogen-bond donors (Lipinski definition) is 1. The molecular weight excluding hydrogens is 522 g/mol. The van der Waals surface area contributed by atoms with Crippen LogP contribution in [0.25, 0.3) is 17.2 Å². The van der Waals surface area contributed by atoms with E-state index in [1.807, 2.05) is 16.8 Å². The van der Waals surface area contributed by atoms with E-state index >= 15 is 0 Å². The van der Waals surface area contributed by atoms with Crippen LogP contribution in [0.2, 0.25) is 0 Å². The molecule has 0 bridgehead atoms. The van der Waals surface area contributed by atoms with Crippen molar-refractivity contribution in [3.8, 4) is 34.8 Å². The van der Waals surface area contributed by atoms with Gasteiger partial charge in [-0.3, -0.25) is 14.0 Å². The van der Waals surface area contributed by atoms with Gasteiger partial charge in [-0.25, -0.2) is 18.4 Å². The van der Waals surface area contributed by atoms with E-state index in [1.54, 1.807) is 36.6 Å². The number of fused-ring (bicyclic) bond motifs is 1. The second-order valence-corrected chi connectivity index (χ2v) is 11.2. The molecule has 5 rings (SSSR count). The zero-order chi connectivity index (χ0) is 27.7. The molecule has 14 heteroatoms. The fraction of sp³-hybridized carbons (Fsp3) is 0.360. The van der Waals surface area contributed by atoms with Crippen LogP contribution in [0.15, 0.2) is 36.7 Å². The molecule has 1 N–H and O–H groups in total. The Labute approximate surface area is 225 Å². The number of nitrogens with zero attached hydrogens (tertiary/aromatic N) is 8. The van der Waals surface area contributed by atoms with Crippen LogP contribution < -0.4 is 14.2 Å². The van der Waals surface area contributed by atoms with Gasteiger partial charge in [0.05, 0.1) is 25.0 Å². The van der Waals surface area contributed by atoms with Gasteiger partial charge in [0, 0.05) is 30.6 Å². The third-order valence-electron chi connectivity index (χ3n) is 6.82. The number of benzene rings is 1. The van der Waals surface area contributed by atoms with E-state index in [1.165, 1.54) is 26.6 Å². The van der Waals surface area contributed by atoms with Gasteiger partial charge < -0.3 is 9.47 Å². The van der Waals surface area contributed by atoms with Crippen LogP contribution in [0.4, 0.5) is 5.95 Å². The lowest BCUT2D eigenvalue weighted by Gasteiger charge is -2.21. The predicted octanol–water partition coefficient (Wildman–Crippen LogP) is 2.69. The first kappa shape index (κ1) is 26.1. The molecule has 2 atom stereocenters. The lowest BCUT2D eigenvalue weighted by Crippen LogP contribution is -2.31. The molecule has 0 amide bonds. The Hall–Kier alpha value is -4.51. The minimum absolute atomic E-state index is 0.0549. The van der Waals surface area contributed by atoms with Crippen molar-refractivity contribution in [3.05, 3.63) is 53.7 Å². The van der Waals surface area contributed by atoms with Crippen LogP contribution in [0.5, 0.6) is 11.5 Å². The molecule has 13 nitrogen and oxygen atoms in total. The first-order valence-corrected chi connectivity index (χ1v) is 13.8. The largest absolute Gasteiger partial charge is 0.494 e.